The Morgan fingerprint density at radius 3 is 2.50 bits per heavy atom. The van der Waals surface area contributed by atoms with Crippen LogP contribution in [-0.4, -0.2) is 23.1 Å². The number of hydrogen-bond donors (Lipinski definition) is 2. The molecule has 0 saturated heterocycles. The third-order valence-corrected chi connectivity index (χ3v) is 7.19. The second-order valence-corrected chi connectivity index (χ2v) is 9.52. The van der Waals surface area contributed by atoms with Gasteiger partial charge in [-0.2, -0.15) is 13.5 Å². The van der Waals surface area contributed by atoms with Crippen molar-refractivity contribution in [3.05, 3.63) is 83.4 Å². The fourth-order valence-corrected chi connectivity index (χ4v) is 5.48. The van der Waals surface area contributed by atoms with E-state index in [0.717, 1.165) is 29.3 Å². The summed E-state index contributed by atoms with van der Waals surface area (Å²) in [7, 11) is -4.07. The van der Waals surface area contributed by atoms with Gasteiger partial charge in [-0.15, -0.1) is 0 Å². The van der Waals surface area contributed by atoms with Crippen molar-refractivity contribution in [1.82, 2.24) is 13.5 Å². The molecule has 0 bridgehead atoms. The van der Waals surface area contributed by atoms with Crippen molar-refractivity contribution in [3.63, 3.8) is 0 Å². The van der Waals surface area contributed by atoms with Gasteiger partial charge in [-0.05, 0) is 42.2 Å². The molecule has 7 nitrogen and oxygen atoms in total. The number of sulfonamides is 1. The molecule has 9 heteroatoms. The standard InChI is InChI=1S/C23H22N4O3S2/c1-3-16-12-7-9-15(2)20(16)24-23(28)21(17-10-5-4-6-11-17)27-32(29,30)19-14-8-13-18-22(19)26-31-25-18/h4-14,21,27H,3H2,1-2H3,(H,24,28). The van der Waals surface area contributed by atoms with E-state index in [0.29, 0.717) is 16.8 Å². The molecular weight excluding hydrogens is 444 g/mol. The molecule has 0 saturated carbocycles. The van der Waals surface area contributed by atoms with E-state index >= 15 is 0 Å². The summed E-state index contributed by atoms with van der Waals surface area (Å²) in [5, 5.41) is 2.94. The molecule has 3 aromatic carbocycles. The van der Waals surface area contributed by atoms with Gasteiger partial charge in [-0.3, -0.25) is 4.79 Å². The highest BCUT2D eigenvalue weighted by atomic mass is 32.2. The molecule has 0 aliphatic carbocycles. The minimum absolute atomic E-state index is 0.0115. The zero-order valence-electron chi connectivity index (χ0n) is 17.6. The average Bonchev–Trinajstić information content (AvgIpc) is 3.28. The Morgan fingerprint density at radius 2 is 1.75 bits per heavy atom. The summed E-state index contributed by atoms with van der Waals surface area (Å²) in [6.07, 6.45) is 0.734. The molecule has 1 heterocycles. The van der Waals surface area contributed by atoms with E-state index in [1.807, 2.05) is 38.1 Å². The lowest BCUT2D eigenvalue weighted by Crippen LogP contribution is -2.37. The van der Waals surface area contributed by atoms with Gasteiger partial charge in [0.15, 0.2) is 0 Å². The lowest BCUT2D eigenvalue weighted by Gasteiger charge is -2.21. The highest BCUT2D eigenvalue weighted by molar-refractivity contribution is 7.89. The Labute approximate surface area is 190 Å². The fourth-order valence-electron chi connectivity index (χ4n) is 3.53. The SMILES string of the molecule is CCc1cccc(C)c1NC(=O)C(NS(=O)(=O)c1cccc2nsnc12)c1ccccc1. The average molecular weight is 467 g/mol. The topological polar surface area (TPSA) is 101 Å². The third kappa shape index (κ3) is 4.40. The van der Waals surface area contributed by atoms with Gasteiger partial charge in [0.1, 0.15) is 22.0 Å². The number of para-hydroxylation sites is 1. The molecule has 164 valence electrons. The summed E-state index contributed by atoms with van der Waals surface area (Å²) in [5.41, 5.74) is 3.89. The normalized spacial score (nSPS) is 12.6. The van der Waals surface area contributed by atoms with Crippen LogP contribution >= 0.6 is 11.7 Å². The van der Waals surface area contributed by atoms with E-state index in [2.05, 4.69) is 18.8 Å². The first kappa shape index (κ1) is 22.1. The summed E-state index contributed by atoms with van der Waals surface area (Å²) in [6.45, 7) is 3.91. The molecule has 0 aliphatic heterocycles. The number of carbonyl (C=O) groups excluding carboxylic acids is 1. The van der Waals surface area contributed by atoms with Crippen LogP contribution < -0.4 is 10.0 Å². The lowest BCUT2D eigenvalue weighted by molar-refractivity contribution is -0.117. The number of rotatable bonds is 7. The highest BCUT2D eigenvalue weighted by Crippen LogP contribution is 2.26. The van der Waals surface area contributed by atoms with Crippen molar-refractivity contribution >= 4 is 44.4 Å². The van der Waals surface area contributed by atoms with Gasteiger partial charge in [-0.25, -0.2) is 8.42 Å². The van der Waals surface area contributed by atoms with Crippen LogP contribution in [0.25, 0.3) is 11.0 Å². The highest BCUT2D eigenvalue weighted by Gasteiger charge is 2.29. The molecule has 1 atom stereocenters. The van der Waals surface area contributed by atoms with E-state index < -0.39 is 22.0 Å². The van der Waals surface area contributed by atoms with Gasteiger partial charge in [-0.1, -0.05) is 61.5 Å². The number of fused-ring (bicyclic) bond motifs is 1. The van der Waals surface area contributed by atoms with Gasteiger partial charge >= 0.3 is 0 Å². The van der Waals surface area contributed by atoms with E-state index in [-0.39, 0.29) is 10.4 Å². The van der Waals surface area contributed by atoms with Gasteiger partial charge in [0.2, 0.25) is 15.9 Å². The van der Waals surface area contributed by atoms with Crippen molar-refractivity contribution in [3.8, 4) is 0 Å². The van der Waals surface area contributed by atoms with E-state index in [1.54, 1.807) is 36.4 Å². The Balaban J connectivity index is 1.72. The number of aromatic nitrogens is 2. The van der Waals surface area contributed by atoms with Gasteiger partial charge in [0.05, 0.1) is 11.7 Å². The zero-order valence-corrected chi connectivity index (χ0v) is 19.2. The first-order valence-electron chi connectivity index (χ1n) is 10.1. The molecule has 4 aromatic rings. The van der Waals surface area contributed by atoms with Crippen LogP contribution in [0, 0.1) is 6.92 Å². The largest absolute Gasteiger partial charge is 0.324 e. The second-order valence-electron chi connectivity index (χ2n) is 7.30. The molecule has 1 amide bonds. The molecule has 0 radical (unpaired) electrons. The van der Waals surface area contributed by atoms with Crippen LogP contribution in [0.15, 0.2) is 71.6 Å². The smallest absolute Gasteiger partial charge is 0.247 e. The van der Waals surface area contributed by atoms with Gasteiger partial charge < -0.3 is 5.32 Å². The van der Waals surface area contributed by atoms with Crippen LogP contribution in [0.1, 0.15) is 29.7 Å². The number of benzene rings is 3. The number of carbonyl (C=O) groups is 1. The summed E-state index contributed by atoms with van der Waals surface area (Å²) >= 11 is 0.941. The van der Waals surface area contributed by atoms with Crippen LogP contribution in [0.3, 0.4) is 0 Å². The van der Waals surface area contributed by atoms with Gasteiger partial charge in [0.25, 0.3) is 0 Å². The van der Waals surface area contributed by atoms with Crippen LogP contribution in [0.4, 0.5) is 5.69 Å². The molecular formula is C23H22N4O3S2. The fraction of sp³-hybridized carbons (Fsp3) is 0.174. The maximum atomic E-state index is 13.4. The molecule has 1 unspecified atom stereocenters. The number of aryl methyl sites for hydroxylation is 2. The summed E-state index contributed by atoms with van der Waals surface area (Å²) < 4.78 is 37.5. The van der Waals surface area contributed by atoms with Gasteiger partial charge in [0, 0.05) is 5.69 Å². The van der Waals surface area contributed by atoms with Crippen molar-refractivity contribution in [2.75, 3.05) is 5.32 Å². The minimum atomic E-state index is -4.07. The van der Waals surface area contributed by atoms with E-state index in [4.69, 9.17) is 0 Å². The van der Waals surface area contributed by atoms with Crippen LogP contribution in [-0.2, 0) is 21.2 Å². The predicted octanol–water partition coefficient (Wildman–Crippen LogP) is 4.22. The molecule has 32 heavy (non-hydrogen) atoms. The quantitative estimate of drug-likeness (QED) is 0.425. The van der Waals surface area contributed by atoms with Crippen molar-refractivity contribution < 1.29 is 13.2 Å². The van der Waals surface area contributed by atoms with Crippen molar-refractivity contribution in [1.29, 1.82) is 0 Å². The second kappa shape index (κ2) is 9.15. The van der Waals surface area contributed by atoms with Crippen LogP contribution in [0.5, 0.6) is 0 Å². The first-order valence-corrected chi connectivity index (χ1v) is 12.3. The monoisotopic (exact) mass is 466 g/mol. The Bertz CT molecular complexity index is 1370. The Kier molecular flexibility index (Phi) is 6.31. The third-order valence-electron chi connectivity index (χ3n) is 5.19. The number of amides is 1. The van der Waals surface area contributed by atoms with E-state index in [9.17, 15) is 13.2 Å². The summed E-state index contributed by atoms with van der Waals surface area (Å²) in [5.74, 6) is -0.465. The van der Waals surface area contributed by atoms with Crippen LogP contribution in [0.2, 0.25) is 0 Å². The molecule has 0 aliphatic rings. The Hall–Kier alpha value is -3.14. The first-order chi connectivity index (χ1) is 15.4. The van der Waals surface area contributed by atoms with Crippen molar-refractivity contribution in [2.24, 2.45) is 0 Å². The zero-order chi connectivity index (χ0) is 22.7. The number of nitrogens with one attached hydrogen (secondary N) is 2. The predicted molar refractivity (Wildman–Crippen MR) is 126 cm³/mol. The number of hydrogen-bond acceptors (Lipinski definition) is 6. The Morgan fingerprint density at radius 1 is 1.00 bits per heavy atom. The maximum Gasteiger partial charge on any atom is 0.247 e. The van der Waals surface area contributed by atoms with E-state index in [1.165, 1.54) is 6.07 Å². The van der Waals surface area contributed by atoms with Crippen molar-refractivity contribution in [2.45, 2.75) is 31.2 Å². The minimum Gasteiger partial charge on any atom is -0.324 e. The number of anilines is 1. The summed E-state index contributed by atoms with van der Waals surface area (Å²) in [4.78, 5) is 13.4. The number of nitrogens with zero attached hydrogens (tertiary/aromatic N) is 2. The molecule has 0 fully saturated rings. The molecule has 1 aromatic heterocycles. The summed E-state index contributed by atoms with van der Waals surface area (Å²) in [6, 6.07) is 18.2. The molecule has 0 spiro atoms. The lowest BCUT2D eigenvalue weighted by atomic mass is 10.0. The molecule has 4 rings (SSSR count). The maximum absolute atomic E-state index is 13.4. The molecule has 2 N–H and O–H groups in total.